The van der Waals surface area contributed by atoms with Crippen molar-refractivity contribution < 1.29 is 0 Å². The number of hydrogen-bond acceptors (Lipinski definition) is 3. The molecule has 0 bridgehead atoms. The van der Waals surface area contributed by atoms with Crippen molar-refractivity contribution in [2.75, 3.05) is 18.4 Å². The van der Waals surface area contributed by atoms with Gasteiger partial charge in [-0.2, -0.15) is 0 Å². The Kier molecular flexibility index (Phi) is 3.69. The van der Waals surface area contributed by atoms with Gasteiger partial charge in [-0.05, 0) is 50.6 Å². The second-order valence-electron chi connectivity index (χ2n) is 4.29. The molecule has 0 aromatic heterocycles. The third kappa shape index (κ3) is 2.67. The molecular formula is C12H18ClN3. The molecule has 4 heteroatoms. The number of halogens is 1. The number of hydrogen-bond donors (Lipinski definition) is 3. The van der Waals surface area contributed by atoms with Crippen LogP contribution in [0.3, 0.4) is 0 Å². The quantitative estimate of drug-likeness (QED) is 0.755. The smallest absolute Gasteiger partial charge is 0.0894 e. The van der Waals surface area contributed by atoms with Gasteiger partial charge in [-0.3, -0.25) is 5.32 Å². The lowest BCUT2D eigenvalue weighted by atomic mass is 10.0. The molecule has 1 aliphatic heterocycles. The summed E-state index contributed by atoms with van der Waals surface area (Å²) < 4.78 is 0. The summed E-state index contributed by atoms with van der Waals surface area (Å²) in [5, 5.41) is 7.78. The van der Waals surface area contributed by atoms with Crippen LogP contribution in [0.25, 0.3) is 0 Å². The van der Waals surface area contributed by atoms with E-state index in [-0.39, 0.29) is 5.66 Å². The van der Waals surface area contributed by atoms with Crippen molar-refractivity contribution in [2.45, 2.75) is 24.9 Å². The molecule has 3 nitrogen and oxygen atoms in total. The Hall–Kier alpha value is -0.770. The Balaban J connectivity index is 2.11. The molecule has 0 spiro atoms. The average Bonchev–Trinajstić information content (AvgIpc) is 2.67. The van der Waals surface area contributed by atoms with E-state index in [0.717, 1.165) is 30.1 Å². The van der Waals surface area contributed by atoms with E-state index in [2.05, 4.69) is 10.6 Å². The summed E-state index contributed by atoms with van der Waals surface area (Å²) in [5.74, 6) is 0. The molecule has 0 radical (unpaired) electrons. The van der Waals surface area contributed by atoms with Gasteiger partial charge in [0.2, 0.25) is 0 Å². The molecule has 16 heavy (non-hydrogen) atoms. The summed E-state index contributed by atoms with van der Waals surface area (Å²) in [6.45, 7) is 1.73. The minimum absolute atomic E-state index is 0.0422. The van der Waals surface area contributed by atoms with Gasteiger partial charge in [0.15, 0.2) is 0 Å². The molecular weight excluding hydrogens is 222 g/mol. The van der Waals surface area contributed by atoms with Crippen LogP contribution in [0.1, 0.15) is 19.3 Å². The second kappa shape index (κ2) is 5.04. The number of rotatable bonds is 4. The van der Waals surface area contributed by atoms with Gasteiger partial charge in [-0.1, -0.05) is 17.7 Å². The van der Waals surface area contributed by atoms with Gasteiger partial charge in [0.25, 0.3) is 0 Å². The molecule has 1 saturated heterocycles. The maximum atomic E-state index is 5.97. The predicted octanol–water partition coefficient (Wildman–Crippen LogP) is 2.18. The highest BCUT2D eigenvalue weighted by Gasteiger charge is 2.32. The lowest BCUT2D eigenvalue weighted by molar-refractivity contribution is 0.404. The van der Waals surface area contributed by atoms with Crippen molar-refractivity contribution in [3.05, 3.63) is 29.3 Å². The highest BCUT2D eigenvalue weighted by molar-refractivity contribution is 6.30. The van der Waals surface area contributed by atoms with Gasteiger partial charge in [0.05, 0.1) is 5.66 Å². The van der Waals surface area contributed by atoms with Gasteiger partial charge in [0.1, 0.15) is 0 Å². The Morgan fingerprint density at radius 2 is 2.38 bits per heavy atom. The number of nitrogens with one attached hydrogen (secondary N) is 2. The van der Waals surface area contributed by atoms with Crippen LogP contribution in [0.2, 0.25) is 5.02 Å². The fourth-order valence-corrected chi connectivity index (χ4v) is 2.47. The summed E-state index contributed by atoms with van der Waals surface area (Å²) in [7, 11) is 0. The van der Waals surface area contributed by atoms with Gasteiger partial charge in [-0.15, -0.1) is 0 Å². The van der Waals surface area contributed by atoms with E-state index in [9.17, 15) is 0 Å². The Morgan fingerprint density at radius 1 is 1.50 bits per heavy atom. The topological polar surface area (TPSA) is 50.1 Å². The van der Waals surface area contributed by atoms with Crippen molar-refractivity contribution in [2.24, 2.45) is 5.73 Å². The van der Waals surface area contributed by atoms with Crippen LogP contribution in [0.5, 0.6) is 0 Å². The molecule has 0 amide bonds. The highest BCUT2D eigenvalue weighted by Crippen LogP contribution is 2.26. The lowest BCUT2D eigenvalue weighted by Crippen LogP contribution is -2.48. The Labute approximate surface area is 101 Å². The van der Waals surface area contributed by atoms with E-state index < -0.39 is 0 Å². The standard InChI is InChI=1S/C12H18ClN3/c13-10-3-1-4-11(9-10)16-12(6-7-14)5-2-8-15-12/h1,3-4,9,15-16H,2,5-8,14H2. The average molecular weight is 240 g/mol. The largest absolute Gasteiger partial charge is 0.367 e. The minimum atomic E-state index is -0.0422. The van der Waals surface area contributed by atoms with Crippen LogP contribution in [-0.2, 0) is 0 Å². The number of benzene rings is 1. The molecule has 1 heterocycles. The summed E-state index contributed by atoms with van der Waals surface area (Å²) in [4.78, 5) is 0. The monoisotopic (exact) mass is 239 g/mol. The fourth-order valence-electron chi connectivity index (χ4n) is 2.28. The number of nitrogens with two attached hydrogens (primary N) is 1. The molecule has 1 aromatic carbocycles. The predicted molar refractivity (Wildman–Crippen MR) is 68.7 cm³/mol. The first-order valence-corrected chi connectivity index (χ1v) is 6.11. The maximum Gasteiger partial charge on any atom is 0.0894 e. The summed E-state index contributed by atoms with van der Waals surface area (Å²) in [6.07, 6.45) is 3.23. The van der Waals surface area contributed by atoms with Crippen molar-refractivity contribution >= 4 is 17.3 Å². The van der Waals surface area contributed by atoms with Crippen LogP contribution < -0.4 is 16.4 Å². The van der Waals surface area contributed by atoms with Crippen LogP contribution in [0, 0.1) is 0 Å². The van der Waals surface area contributed by atoms with Crippen LogP contribution in [0.4, 0.5) is 5.69 Å². The first-order chi connectivity index (χ1) is 7.74. The van der Waals surface area contributed by atoms with Gasteiger partial charge in [-0.25, -0.2) is 0 Å². The molecule has 1 atom stereocenters. The molecule has 4 N–H and O–H groups in total. The van der Waals surface area contributed by atoms with Gasteiger partial charge in [0, 0.05) is 10.7 Å². The maximum absolute atomic E-state index is 5.97. The van der Waals surface area contributed by atoms with Crippen molar-refractivity contribution in [1.29, 1.82) is 0 Å². The second-order valence-corrected chi connectivity index (χ2v) is 4.72. The normalized spacial score (nSPS) is 24.6. The van der Waals surface area contributed by atoms with E-state index in [1.807, 2.05) is 24.3 Å². The molecule has 2 rings (SSSR count). The zero-order chi connectivity index (χ0) is 11.4. The van der Waals surface area contributed by atoms with Crippen molar-refractivity contribution in [3.8, 4) is 0 Å². The van der Waals surface area contributed by atoms with Gasteiger partial charge < -0.3 is 11.1 Å². The van der Waals surface area contributed by atoms with E-state index in [1.165, 1.54) is 6.42 Å². The third-order valence-electron chi connectivity index (χ3n) is 3.02. The molecule has 1 aromatic rings. The fraction of sp³-hybridized carbons (Fsp3) is 0.500. The Morgan fingerprint density at radius 3 is 3.00 bits per heavy atom. The van der Waals surface area contributed by atoms with E-state index >= 15 is 0 Å². The third-order valence-corrected chi connectivity index (χ3v) is 3.26. The minimum Gasteiger partial charge on any atom is -0.367 e. The van der Waals surface area contributed by atoms with Crippen molar-refractivity contribution in [3.63, 3.8) is 0 Å². The molecule has 0 aliphatic carbocycles. The number of anilines is 1. The summed E-state index contributed by atoms with van der Waals surface area (Å²) in [5.41, 5.74) is 6.68. The molecule has 1 unspecified atom stereocenters. The van der Waals surface area contributed by atoms with Crippen LogP contribution in [-0.4, -0.2) is 18.8 Å². The van der Waals surface area contributed by atoms with E-state index in [4.69, 9.17) is 17.3 Å². The molecule has 88 valence electrons. The van der Waals surface area contributed by atoms with Crippen LogP contribution in [0.15, 0.2) is 24.3 Å². The van der Waals surface area contributed by atoms with Crippen molar-refractivity contribution in [1.82, 2.24) is 5.32 Å². The van der Waals surface area contributed by atoms with Crippen LogP contribution >= 0.6 is 11.6 Å². The Bertz CT molecular complexity index is 348. The zero-order valence-corrected chi connectivity index (χ0v) is 10.1. The summed E-state index contributed by atoms with van der Waals surface area (Å²) in [6, 6.07) is 7.81. The first kappa shape index (κ1) is 11.7. The van der Waals surface area contributed by atoms with Gasteiger partial charge >= 0.3 is 0 Å². The van der Waals surface area contributed by atoms with E-state index in [1.54, 1.807) is 0 Å². The lowest BCUT2D eigenvalue weighted by Gasteiger charge is -2.31. The first-order valence-electron chi connectivity index (χ1n) is 5.73. The molecule has 1 fully saturated rings. The molecule has 1 aliphatic rings. The highest BCUT2D eigenvalue weighted by atomic mass is 35.5. The molecule has 0 saturated carbocycles. The summed E-state index contributed by atoms with van der Waals surface area (Å²) >= 11 is 5.97. The SMILES string of the molecule is NCCC1(Nc2cccc(Cl)c2)CCCN1. The van der Waals surface area contributed by atoms with E-state index in [0.29, 0.717) is 6.54 Å². The zero-order valence-electron chi connectivity index (χ0n) is 9.30.